The Morgan fingerprint density at radius 2 is 2.23 bits per heavy atom. The highest BCUT2D eigenvalue weighted by Crippen LogP contribution is 2.42. The van der Waals surface area contributed by atoms with Gasteiger partial charge in [0.25, 0.3) is 0 Å². The number of piperidine rings is 1. The van der Waals surface area contributed by atoms with Gasteiger partial charge in [0.15, 0.2) is 0 Å². The van der Waals surface area contributed by atoms with Gasteiger partial charge in [-0.15, -0.1) is 11.3 Å². The van der Waals surface area contributed by atoms with Crippen molar-refractivity contribution in [1.29, 1.82) is 0 Å². The van der Waals surface area contributed by atoms with Gasteiger partial charge in [-0.3, -0.25) is 9.88 Å². The summed E-state index contributed by atoms with van der Waals surface area (Å²) < 4.78 is 6.26. The molecule has 2 aliphatic heterocycles. The fourth-order valence-electron chi connectivity index (χ4n) is 3.67. The highest BCUT2D eigenvalue weighted by molar-refractivity contribution is 7.09. The molecule has 1 spiro atoms. The summed E-state index contributed by atoms with van der Waals surface area (Å²) in [5, 5.41) is 3.27. The maximum atomic E-state index is 6.26. The van der Waals surface area contributed by atoms with E-state index in [0.29, 0.717) is 5.92 Å². The third-order valence-corrected chi connectivity index (χ3v) is 5.74. The van der Waals surface area contributed by atoms with E-state index in [0.717, 1.165) is 45.5 Å². The molecule has 4 rings (SSSR count). The Hall–Kier alpha value is -1.30. The van der Waals surface area contributed by atoms with Crippen LogP contribution in [0.15, 0.2) is 36.1 Å². The van der Waals surface area contributed by atoms with Gasteiger partial charge in [-0.25, -0.2) is 4.98 Å². The minimum atomic E-state index is 0.0971. The molecule has 2 aliphatic rings. The van der Waals surface area contributed by atoms with Gasteiger partial charge in [0.1, 0.15) is 5.01 Å². The molecular formula is C17H21N3OS. The number of hydrogen-bond donors (Lipinski definition) is 0. The molecule has 0 unspecified atom stereocenters. The fraction of sp³-hybridized carbons (Fsp3) is 0.529. The van der Waals surface area contributed by atoms with Gasteiger partial charge in [0.2, 0.25) is 0 Å². The Morgan fingerprint density at radius 3 is 2.95 bits per heavy atom. The van der Waals surface area contributed by atoms with Crippen molar-refractivity contribution >= 4 is 11.3 Å². The van der Waals surface area contributed by atoms with Crippen molar-refractivity contribution in [2.24, 2.45) is 0 Å². The van der Waals surface area contributed by atoms with E-state index >= 15 is 0 Å². The molecule has 2 fully saturated rings. The largest absolute Gasteiger partial charge is 0.374 e. The molecule has 0 radical (unpaired) electrons. The lowest BCUT2D eigenvalue weighted by atomic mass is 9.83. The fourth-order valence-corrected chi connectivity index (χ4v) is 4.32. The summed E-state index contributed by atoms with van der Waals surface area (Å²) in [6.45, 7) is 4.05. The van der Waals surface area contributed by atoms with E-state index in [1.807, 2.05) is 24.7 Å². The SMILES string of the molecule is c1cncc([C@@H]2COC3(CCN(Cc4nccs4)CC3)C2)c1. The van der Waals surface area contributed by atoms with Gasteiger partial charge >= 0.3 is 0 Å². The first-order chi connectivity index (χ1) is 10.8. The van der Waals surface area contributed by atoms with Crippen LogP contribution in [0.25, 0.3) is 0 Å². The zero-order valence-corrected chi connectivity index (χ0v) is 13.5. The number of nitrogens with zero attached hydrogens (tertiary/aromatic N) is 3. The van der Waals surface area contributed by atoms with Crippen LogP contribution in [0, 0.1) is 0 Å². The molecule has 0 saturated carbocycles. The first kappa shape index (κ1) is 14.3. The average Bonchev–Trinajstić information content (AvgIpc) is 3.21. The van der Waals surface area contributed by atoms with E-state index in [2.05, 4.69) is 26.3 Å². The molecule has 2 aromatic heterocycles. The Morgan fingerprint density at radius 1 is 1.32 bits per heavy atom. The van der Waals surface area contributed by atoms with Crippen molar-refractivity contribution in [3.05, 3.63) is 46.7 Å². The number of ether oxygens (including phenoxy) is 1. The third-order valence-electron chi connectivity index (χ3n) is 4.97. The minimum Gasteiger partial charge on any atom is -0.374 e. The number of rotatable bonds is 3. The zero-order valence-electron chi connectivity index (χ0n) is 12.6. The van der Waals surface area contributed by atoms with Gasteiger partial charge in [0, 0.05) is 43.0 Å². The summed E-state index contributed by atoms with van der Waals surface area (Å²) in [6.07, 6.45) is 9.13. The molecule has 0 bridgehead atoms. The van der Waals surface area contributed by atoms with Crippen molar-refractivity contribution in [3.8, 4) is 0 Å². The standard InChI is InChI=1S/C17H21N3OS/c1-2-14(11-18-5-1)15-10-17(21-13-15)3-7-20(8-4-17)12-16-19-6-9-22-16/h1-2,5-6,9,11,15H,3-4,7-8,10,12-13H2/t15-/m0/s1. The number of hydrogen-bond acceptors (Lipinski definition) is 5. The maximum absolute atomic E-state index is 6.26. The van der Waals surface area contributed by atoms with Crippen LogP contribution >= 0.6 is 11.3 Å². The normalized spacial score (nSPS) is 24.8. The van der Waals surface area contributed by atoms with Gasteiger partial charge in [0.05, 0.1) is 18.8 Å². The van der Waals surface area contributed by atoms with Crippen molar-refractivity contribution in [1.82, 2.24) is 14.9 Å². The van der Waals surface area contributed by atoms with Crippen LogP contribution in [0.2, 0.25) is 0 Å². The second-order valence-corrected chi connectivity index (χ2v) is 7.36. The van der Waals surface area contributed by atoms with E-state index in [-0.39, 0.29) is 5.60 Å². The second kappa shape index (κ2) is 6.07. The molecule has 2 saturated heterocycles. The molecule has 0 aliphatic carbocycles. The first-order valence-corrected chi connectivity index (χ1v) is 8.86. The highest BCUT2D eigenvalue weighted by atomic mass is 32.1. The summed E-state index contributed by atoms with van der Waals surface area (Å²) in [5.41, 5.74) is 1.42. The number of aromatic nitrogens is 2. The van der Waals surface area contributed by atoms with Crippen LogP contribution in [-0.4, -0.2) is 40.2 Å². The number of likely N-dealkylation sites (tertiary alicyclic amines) is 1. The second-order valence-electron chi connectivity index (χ2n) is 6.38. The molecule has 1 atom stereocenters. The molecule has 0 amide bonds. The van der Waals surface area contributed by atoms with E-state index in [1.165, 1.54) is 10.6 Å². The molecule has 5 heteroatoms. The van der Waals surface area contributed by atoms with E-state index in [9.17, 15) is 0 Å². The Bertz CT molecular complexity index is 594. The van der Waals surface area contributed by atoms with Crippen LogP contribution in [0.5, 0.6) is 0 Å². The van der Waals surface area contributed by atoms with Gasteiger partial charge < -0.3 is 4.74 Å². The monoisotopic (exact) mass is 315 g/mol. The Balaban J connectivity index is 1.35. The predicted molar refractivity (Wildman–Crippen MR) is 86.9 cm³/mol. The lowest BCUT2D eigenvalue weighted by Gasteiger charge is -2.38. The zero-order chi connectivity index (χ0) is 14.8. The van der Waals surface area contributed by atoms with Crippen molar-refractivity contribution in [3.63, 3.8) is 0 Å². The number of thiazole rings is 1. The van der Waals surface area contributed by atoms with Gasteiger partial charge in [-0.2, -0.15) is 0 Å². The topological polar surface area (TPSA) is 38.2 Å². The summed E-state index contributed by atoms with van der Waals surface area (Å²) in [6, 6.07) is 4.20. The number of pyridine rings is 1. The lowest BCUT2D eigenvalue weighted by molar-refractivity contribution is -0.0448. The molecule has 4 heterocycles. The Kier molecular flexibility index (Phi) is 3.94. The smallest absolute Gasteiger partial charge is 0.107 e. The molecule has 0 N–H and O–H groups in total. The molecular weight excluding hydrogens is 294 g/mol. The van der Waals surface area contributed by atoms with Gasteiger partial charge in [-0.1, -0.05) is 6.07 Å². The molecule has 4 nitrogen and oxygen atoms in total. The summed E-state index contributed by atoms with van der Waals surface area (Å²) in [4.78, 5) is 11.1. The van der Waals surface area contributed by atoms with Crippen molar-refractivity contribution in [2.45, 2.75) is 37.3 Å². The molecule has 22 heavy (non-hydrogen) atoms. The molecule has 116 valence electrons. The van der Waals surface area contributed by atoms with Crippen LogP contribution in [0.4, 0.5) is 0 Å². The van der Waals surface area contributed by atoms with E-state index < -0.39 is 0 Å². The van der Waals surface area contributed by atoms with Crippen molar-refractivity contribution < 1.29 is 4.74 Å². The van der Waals surface area contributed by atoms with Crippen molar-refractivity contribution in [2.75, 3.05) is 19.7 Å². The quantitative estimate of drug-likeness (QED) is 0.872. The first-order valence-electron chi connectivity index (χ1n) is 7.98. The van der Waals surface area contributed by atoms with Crippen LogP contribution in [0.3, 0.4) is 0 Å². The molecule has 0 aromatic carbocycles. The maximum Gasteiger partial charge on any atom is 0.107 e. The highest BCUT2D eigenvalue weighted by Gasteiger charge is 2.43. The van der Waals surface area contributed by atoms with E-state index in [4.69, 9.17) is 4.74 Å². The summed E-state index contributed by atoms with van der Waals surface area (Å²) in [5.74, 6) is 0.513. The van der Waals surface area contributed by atoms with Crippen LogP contribution in [0.1, 0.15) is 35.8 Å². The third kappa shape index (κ3) is 2.93. The Labute approximate surface area is 135 Å². The van der Waals surface area contributed by atoms with Crippen LogP contribution < -0.4 is 0 Å². The van der Waals surface area contributed by atoms with E-state index in [1.54, 1.807) is 11.3 Å². The average molecular weight is 315 g/mol. The van der Waals surface area contributed by atoms with Crippen LogP contribution in [-0.2, 0) is 11.3 Å². The predicted octanol–water partition coefficient (Wildman–Crippen LogP) is 3.08. The molecule has 2 aromatic rings. The lowest BCUT2D eigenvalue weighted by Crippen LogP contribution is -2.43. The summed E-state index contributed by atoms with van der Waals surface area (Å²) in [7, 11) is 0. The van der Waals surface area contributed by atoms with Gasteiger partial charge in [-0.05, 0) is 30.9 Å². The summed E-state index contributed by atoms with van der Waals surface area (Å²) >= 11 is 1.75. The minimum absolute atomic E-state index is 0.0971.